The minimum absolute atomic E-state index is 0.0107. The maximum absolute atomic E-state index is 7.31. The van der Waals surface area contributed by atoms with Gasteiger partial charge in [0, 0.05) is 33.9 Å². The molecule has 1 aliphatic carbocycles. The van der Waals surface area contributed by atoms with Gasteiger partial charge in [-0.1, -0.05) is 187 Å². The van der Waals surface area contributed by atoms with Crippen LogP contribution in [0, 0.1) is 20.8 Å². The van der Waals surface area contributed by atoms with E-state index < -0.39 is 0 Å². The van der Waals surface area contributed by atoms with Gasteiger partial charge in [0.1, 0.15) is 11.5 Å². The molecule has 2 aliphatic heterocycles. The molecule has 0 radical (unpaired) electrons. The quantitative estimate of drug-likeness (QED) is 0.160. The van der Waals surface area contributed by atoms with E-state index in [9.17, 15) is 0 Å². The molecule has 0 amide bonds. The summed E-state index contributed by atoms with van der Waals surface area (Å²) in [6.45, 7) is 39.3. The molecule has 3 aliphatic rings. The zero-order valence-electron chi connectivity index (χ0n) is 47.2. The summed E-state index contributed by atoms with van der Waals surface area (Å²) in [4.78, 5) is 5.15. The smallest absolute Gasteiger partial charge is 0.256 e. The second-order valence-corrected chi connectivity index (χ2v) is 26.6. The van der Waals surface area contributed by atoms with E-state index in [0.29, 0.717) is 0 Å². The van der Waals surface area contributed by atoms with Crippen LogP contribution in [0.25, 0.3) is 22.3 Å². The fourth-order valence-corrected chi connectivity index (χ4v) is 12.6. The van der Waals surface area contributed by atoms with Gasteiger partial charge in [0.15, 0.2) is 0 Å². The zero-order chi connectivity index (χ0) is 52.8. The van der Waals surface area contributed by atoms with Crippen molar-refractivity contribution in [1.82, 2.24) is 0 Å². The Morgan fingerprint density at radius 3 is 1.58 bits per heavy atom. The molecule has 0 aromatic heterocycles. The van der Waals surface area contributed by atoms with Gasteiger partial charge >= 0.3 is 0 Å². The molecule has 0 saturated heterocycles. The van der Waals surface area contributed by atoms with Crippen molar-refractivity contribution < 1.29 is 4.74 Å². The average molecular weight is 971 g/mol. The maximum Gasteiger partial charge on any atom is 0.256 e. The van der Waals surface area contributed by atoms with Crippen LogP contribution < -0.4 is 30.9 Å². The van der Waals surface area contributed by atoms with Crippen LogP contribution in [0.3, 0.4) is 0 Å². The first-order valence-electron chi connectivity index (χ1n) is 27.0. The fraction of sp³-hybridized carbons (Fsp3) is 0.314. The number of nitrogens with zero attached hydrogens (tertiary/aromatic N) is 2. The molecule has 4 heteroatoms. The lowest BCUT2D eigenvalue weighted by Gasteiger charge is -2.42. The van der Waals surface area contributed by atoms with E-state index in [1.165, 1.54) is 94.5 Å². The predicted molar refractivity (Wildman–Crippen MR) is 319 cm³/mol. The first-order chi connectivity index (χ1) is 34.7. The lowest BCUT2D eigenvalue weighted by molar-refractivity contribution is 0.486. The van der Waals surface area contributed by atoms with Crippen molar-refractivity contribution >= 4 is 57.2 Å². The monoisotopic (exact) mass is 971 g/mol. The van der Waals surface area contributed by atoms with E-state index in [1.54, 1.807) is 0 Å². The van der Waals surface area contributed by atoms with E-state index >= 15 is 0 Å². The summed E-state index contributed by atoms with van der Waals surface area (Å²) in [6.07, 6.45) is 0. The number of hydrogen-bond acceptors (Lipinski definition) is 3. The molecule has 0 unspecified atom stereocenters. The highest BCUT2D eigenvalue weighted by molar-refractivity contribution is 6.99. The summed E-state index contributed by atoms with van der Waals surface area (Å²) < 4.78 is 7.31. The van der Waals surface area contributed by atoms with Crippen molar-refractivity contribution in [3.8, 4) is 33.8 Å². The molecule has 11 rings (SSSR count). The topological polar surface area (TPSA) is 15.7 Å². The molecule has 2 heterocycles. The highest BCUT2D eigenvalue weighted by atomic mass is 16.5. The van der Waals surface area contributed by atoms with Crippen LogP contribution in [0.15, 0.2) is 146 Å². The fourth-order valence-electron chi connectivity index (χ4n) is 12.6. The Balaban J connectivity index is 1.26. The van der Waals surface area contributed by atoms with Crippen molar-refractivity contribution in [2.45, 2.75) is 145 Å². The molecule has 8 aromatic rings. The van der Waals surface area contributed by atoms with Gasteiger partial charge in [0.2, 0.25) is 0 Å². The number of fused-ring (bicyclic) bond motifs is 7. The molecule has 0 atom stereocenters. The van der Waals surface area contributed by atoms with Crippen LogP contribution in [-0.4, -0.2) is 6.71 Å². The van der Waals surface area contributed by atoms with E-state index in [4.69, 9.17) is 4.74 Å². The van der Waals surface area contributed by atoms with Crippen LogP contribution in [0.4, 0.5) is 34.1 Å². The van der Waals surface area contributed by atoms with Crippen LogP contribution >= 0.6 is 0 Å². The molecular weight excluding hydrogens is 896 g/mol. The maximum atomic E-state index is 7.31. The predicted octanol–water partition coefficient (Wildman–Crippen LogP) is 17.7. The Morgan fingerprint density at radius 1 is 0.486 bits per heavy atom. The highest BCUT2D eigenvalue weighted by Crippen LogP contribution is 2.57. The Bertz CT molecular complexity index is 3490. The summed E-state index contributed by atoms with van der Waals surface area (Å²) in [7, 11) is 0. The van der Waals surface area contributed by atoms with Gasteiger partial charge in [-0.05, 0) is 186 Å². The zero-order valence-corrected chi connectivity index (χ0v) is 47.2. The summed E-state index contributed by atoms with van der Waals surface area (Å²) >= 11 is 0. The second-order valence-electron chi connectivity index (χ2n) is 26.6. The summed E-state index contributed by atoms with van der Waals surface area (Å²) in [5, 5.41) is 0. The molecule has 3 nitrogen and oxygen atoms in total. The van der Waals surface area contributed by atoms with E-state index in [-0.39, 0.29) is 33.8 Å². The van der Waals surface area contributed by atoms with Crippen LogP contribution in [-0.2, 0) is 27.1 Å². The number of ether oxygens (including phenoxy) is 1. The Labute approximate surface area is 443 Å². The third-order valence-corrected chi connectivity index (χ3v) is 16.6. The Kier molecular flexibility index (Phi) is 11.3. The summed E-state index contributed by atoms with van der Waals surface area (Å²) in [5.74, 6) is 1.85. The number of rotatable bonds is 5. The number of benzene rings is 8. The first kappa shape index (κ1) is 49.4. The Morgan fingerprint density at radius 2 is 1.01 bits per heavy atom. The van der Waals surface area contributed by atoms with Gasteiger partial charge < -0.3 is 14.5 Å². The van der Waals surface area contributed by atoms with Crippen LogP contribution in [0.2, 0.25) is 0 Å². The minimum atomic E-state index is -0.302. The number of aryl methyl sites for hydroxylation is 3. The van der Waals surface area contributed by atoms with E-state index in [2.05, 4.69) is 273 Å². The van der Waals surface area contributed by atoms with Gasteiger partial charge in [-0.3, -0.25) is 0 Å². The average Bonchev–Trinajstić information content (AvgIpc) is 3.55. The largest absolute Gasteiger partial charge is 0.458 e. The highest BCUT2D eigenvalue weighted by Gasteiger charge is 2.45. The lowest BCUT2D eigenvalue weighted by atomic mass is 9.33. The molecule has 74 heavy (non-hydrogen) atoms. The van der Waals surface area contributed by atoms with E-state index in [0.717, 1.165) is 39.8 Å². The third kappa shape index (κ3) is 8.10. The molecule has 0 saturated carbocycles. The molecule has 8 aromatic carbocycles. The normalized spacial score (nSPS) is 14.4. The number of anilines is 6. The van der Waals surface area contributed by atoms with E-state index in [1.807, 2.05) is 0 Å². The Hall–Kier alpha value is -6.78. The first-order valence-corrected chi connectivity index (χ1v) is 27.0. The molecule has 0 spiro atoms. The van der Waals surface area contributed by atoms with Gasteiger partial charge in [-0.2, -0.15) is 0 Å². The van der Waals surface area contributed by atoms with Crippen molar-refractivity contribution in [1.29, 1.82) is 0 Å². The second kappa shape index (κ2) is 16.9. The minimum Gasteiger partial charge on any atom is -0.458 e. The van der Waals surface area contributed by atoms with Crippen molar-refractivity contribution in [2.75, 3.05) is 9.80 Å². The molecule has 0 N–H and O–H groups in total. The van der Waals surface area contributed by atoms with Gasteiger partial charge in [-0.25, -0.2) is 0 Å². The molecular formula is C70H75BN2O. The van der Waals surface area contributed by atoms with Crippen LogP contribution in [0.1, 0.15) is 147 Å². The van der Waals surface area contributed by atoms with Crippen LogP contribution in [0.5, 0.6) is 11.5 Å². The van der Waals surface area contributed by atoms with Crippen molar-refractivity contribution in [3.05, 3.63) is 196 Å². The van der Waals surface area contributed by atoms with Gasteiger partial charge in [0.25, 0.3) is 6.71 Å². The van der Waals surface area contributed by atoms with Crippen molar-refractivity contribution in [3.63, 3.8) is 0 Å². The van der Waals surface area contributed by atoms with Gasteiger partial charge in [-0.15, -0.1) is 0 Å². The molecule has 0 bridgehead atoms. The molecule has 0 fully saturated rings. The third-order valence-electron chi connectivity index (χ3n) is 16.6. The standard InChI is InChI=1S/C70H75BN2O/c1-42-34-43(2)63(44(3)35-42)45-36-60-65-62(37-45)74-61-33-27-49(69(13,14)15)39-57(61)71(65)56-38-48(68(10,11)12)26-32-58(56)73(60)52-40-54-53-20-18-19-21-55(53)70(16,17)64(54)59(41-52)72(50-28-22-46(23-29-50)66(4,5)6)51-30-24-47(25-31-51)67(7,8)9/h18-41H,1-17H3. The molecule has 374 valence electrons. The summed E-state index contributed by atoms with van der Waals surface area (Å²) in [5.41, 5.74) is 26.9. The lowest BCUT2D eigenvalue weighted by Crippen LogP contribution is -2.60. The van der Waals surface area contributed by atoms with Gasteiger partial charge in [0.05, 0.1) is 5.69 Å². The summed E-state index contributed by atoms with van der Waals surface area (Å²) in [6, 6.07) is 56.6. The van der Waals surface area contributed by atoms with Crippen molar-refractivity contribution in [2.24, 2.45) is 0 Å². The number of hydrogen-bond donors (Lipinski definition) is 0. The SMILES string of the molecule is Cc1cc(C)c(-c2cc3c4c(c2)N(c2cc5c(c(N(c6ccc(C(C)(C)C)cc6)c6ccc(C(C)(C)C)cc6)c2)C(C)(C)c2ccccc2-5)c2ccc(C(C)(C)C)cc2B4c2cc(C(C)(C)C)ccc2O3)c(C)c1.